The average Bonchev–Trinajstić information content (AvgIpc) is 1.58. The minimum atomic E-state index is -5.46. The maximum Gasteiger partial charge on any atom is 0.397 e. The Bertz CT molecular complexity index is 2670. The minimum Gasteiger partial charge on any atom is -0.458 e. The van der Waals surface area contributed by atoms with E-state index in [2.05, 4.69) is 13.0 Å². The highest BCUT2D eigenvalue weighted by Crippen LogP contribution is 2.75. The predicted octanol–water partition coefficient (Wildman–Crippen LogP) is -0.657. The van der Waals surface area contributed by atoms with E-state index >= 15 is 0 Å². The summed E-state index contributed by atoms with van der Waals surface area (Å²) in [5, 5.41) is 77.5. The van der Waals surface area contributed by atoms with Crippen LogP contribution in [0, 0.1) is 45.3 Å². The average molecular weight is 1230 g/mol. The van der Waals surface area contributed by atoms with Gasteiger partial charge in [0.2, 0.25) is 0 Å². The lowest BCUT2D eigenvalue weighted by atomic mass is 9.41. The normalized spacial score (nSPS) is 48.2. The molecule has 9 aliphatic rings. The first kappa shape index (κ1) is 65.1. The maximum atomic E-state index is 14.4. The molecular formula is C53H82O28S2. The summed E-state index contributed by atoms with van der Waals surface area (Å²) in [4.78, 5) is 42.0. The smallest absolute Gasteiger partial charge is 0.397 e. The lowest BCUT2D eigenvalue weighted by Gasteiger charge is -2.63. The van der Waals surface area contributed by atoms with E-state index < -0.39 is 196 Å². The number of cyclic esters (lactones) is 1. The van der Waals surface area contributed by atoms with Gasteiger partial charge in [-0.3, -0.25) is 23.5 Å². The molecule has 0 aromatic carbocycles. The van der Waals surface area contributed by atoms with Gasteiger partial charge in [-0.25, -0.2) is 8.37 Å². The molecule has 5 saturated heterocycles. The minimum absolute atomic E-state index is 0.0394. The van der Waals surface area contributed by atoms with Gasteiger partial charge < -0.3 is 83.1 Å². The zero-order valence-electron chi connectivity index (χ0n) is 47.7. The number of ether oxygens (including phenoxy) is 10. The van der Waals surface area contributed by atoms with Crippen LogP contribution in [0.5, 0.6) is 0 Å². The second-order valence-corrected chi connectivity index (χ2v) is 27.9. The number of carbonyl (C=O) groups is 3. The van der Waals surface area contributed by atoms with Gasteiger partial charge in [-0.15, -0.1) is 0 Å². The second-order valence-electron chi connectivity index (χ2n) is 25.8. The molecule has 28 nitrogen and oxygen atoms in total. The molecule has 9 rings (SSSR count). The molecule has 0 aromatic heterocycles. The zero-order valence-corrected chi connectivity index (χ0v) is 49.4. The number of esters is 1. The number of hydrogen-bond donors (Lipinski definition) is 9. The van der Waals surface area contributed by atoms with Crippen LogP contribution in [0.25, 0.3) is 0 Å². The molecule has 30 heteroatoms. The Hall–Kier alpha value is -2.35. The lowest BCUT2D eigenvalue weighted by Crippen LogP contribution is -2.66. The summed E-state index contributed by atoms with van der Waals surface area (Å²) in [6.07, 6.45) is -27.9. The number of aliphatic hydroxyl groups is 7. The summed E-state index contributed by atoms with van der Waals surface area (Å²) in [5.41, 5.74) is -3.33. The number of Topliss-reactive ketones (excluding diaryl/α,β-unsaturated/α-hetero) is 2. The highest BCUT2D eigenvalue weighted by atomic mass is 32.3. The van der Waals surface area contributed by atoms with Gasteiger partial charge in [0.1, 0.15) is 90.4 Å². The highest BCUT2D eigenvalue weighted by molar-refractivity contribution is 7.81. The van der Waals surface area contributed by atoms with E-state index in [-0.39, 0.29) is 42.2 Å². The van der Waals surface area contributed by atoms with Crippen LogP contribution in [0.15, 0.2) is 11.6 Å². The van der Waals surface area contributed by atoms with Crippen LogP contribution < -0.4 is 0 Å². The molecule has 9 N–H and O–H groups in total. The SMILES string of the molecule is CO[C@@H]1[C@@H](O)[C@H](O[C@@H]2[C@@H](OS(=O)(=O)O)[C@H](O[C@H]3[C@H](O)[C@@H](O)[C@H](O[C@H]4[C@H](O[C@H]5CC[C@]6(C)[C@@H]7CC[C@]89C(=O)O[C@@](C)(CC(=O)CC(C)C)[C@H]8C(=O)C[C@@]9(C)C7=CC[C@H]6C5(C)C)OC[C@@H](OS(=O)(=O)O)[C@@H]4O)O[C@@H]3C)OC[C@H]2O)O[C@H](CO)[C@H]1O. The molecule has 0 aromatic rings. The van der Waals surface area contributed by atoms with Crippen molar-refractivity contribution in [1.29, 1.82) is 0 Å². The van der Waals surface area contributed by atoms with Crippen molar-refractivity contribution in [2.45, 2.75) is 229 Å². The van der Waals surface area contributed by atoms with Crippen LogP contribution in [0.2, 0.25) is 0 Å². The Morgan fingerprint density at radius 2 is 1.36 bits per heavy atom. The summed E-state index contributed by atoms with van der Waals surface area (Å²) in [7, 11) is -9.55. The van der Waals surface area contributed by atoms with E-state index in [0.29, 0.717) is 38.5 Å². The Balaban J connectivity index is 0.918. The van der Waals surface area contributed by atoms with E-state index in [0.717, 1.165) is 12.7 Å². The third kappa shape index (κ3) is 11.7. The molecule has 0 radical (unpaired) electrons. The van der Waals surface area contributed by atoms with Gasteiger partial charge >= 0.3 is 26.8 Å². The molecule has 5 heterocycles. The Kier molecular flexibility index (Phi) is 18.5. The van der Waals surface area contributed by atoms with E-state index in [9.17, 15) is 76.1 Å². The van der Waals surface area contributed by atoms with E-state index in [4.69, 9.17) is 55.7 Å². The molecule has 474 valence electrons. The fraction of sp³-hybridized carbons (Fsp3) is 0.906. The molecule has 1 spiro atoms. The summed E-state index contributed by atoms with van der Waals surface area (Å²) >= 11 is 0. The quantitative estimate of drug-likeness (QED) is 0.0467. The van der Waals surface area contributed by atoms with Crippen LogP contribution in [0.3, 0.4) is 0 Å². The van der Waals surface area contributed by atoms with Crippen LogP contribution in [0.4, 0.5) is 0 Å². The highest BCUT2D eigenvalue weighted by Gasteiger charge is 2.79. The third-order valence-corrected chi connectivity index (χ3v) is 20.8. The fourth-order valence-corrected chi connectivity index (χ4v) is 17.1. The van der Waals surface area contributed by atoms with Crippen LogP contribution in [-0.4, -0.2) is 228 Å². The van der Waals surface area contributed by atoms with Gasteiger partial charge in [0.15, 0.2) is 31.3 Å². The first-order valence-electron chi connectivity index (χ1n) is 28.2. The van der Waals surface area contributed by atoms with Crippen molar-refractivity contribution in [3.63, 3.8) is 0 Å². The molecule has 8 fully saturated rings. The van der Waals surface area contributed by atoms with Crippen molar-refractivity contribution < 1.29 is 132 Å². The Morgan fingerprint density at radius 1 is 0.735 bits per heavy atom. The number of ketones is 2. The van der Waals surface area contributed by atoms with Crippen molar-refractivity contribution in [2.24, 2.45) is 45.3 Å². The van der Waals surface area contributed by atoms with Crippen molar-refractivity contribution in [2.75, 3.05) is 26.9 Å². The summed E-state index contributed by atoms with van der Waals surface area (Å²) in [6, 6.07) is 0. The van der Waals surface area contributed by atoms with Crippen molar-refractivity contribution in [3.8, 4) is 0 Å². The predicted molar refractivity (Wildman–Crippen MR) is 276 cm³/mol. The van der Waals surface area contributed by atoms with E-state index in [1.807, 2.05) is 34.6 Å². The summed E-state index contributed by atoms with van der Waals surface area (Å²) in [6.45, 7) is 13.0. The number of carbonyl (C=O) groups excluding carboxylic acids is 3. The number of fused-ring (bicyclic) bond motifs is 4. The molecule has 3 saturated carbocycles. The molecule has 83 heavy (non-hydrogen) atoms. The number of methoxy groups -OCH3 is 1. The van der Waals surface area contributed by atoms with E-state index in [1.54, 1.807) is 6.92 Å². The van der Waals surface area contributed by atoms with Gasteiger partial charge in [0.25, 0.3) is 0 Å². The largest absolute Gasteiger partial charge is 0.458 e. The molecule has 5 aliphatic heterocycles. The lowest BCUT2D eigenvalue weighted by molar-refractivity contribution is -0.380. The molecular weight excluding hydrogens is 1150 g/mol. The first-order valence-corrected chi connectivity index (χ1v) is 31.0. The van der Waals surface area contributed by atoms with Gasteiger partial charge in [-0.05, 0) is 74.5 Å². The summed E-state index contributed by atoms with van der Waals surface area (Å²) < 4.78 is 137. The zero-order chi connectivity index (χ0) is 61.1. The van der Waals surface area contributed by atoms with Gasteiger partial charge in [0, 0.05) is 31.8 Å². The van der Waals surface area contributed by atoms with Crippen molar-refractivity contribution in [1.82, 2.24) is 0 Å². The second kappa shape index (κ2) is 23.5. The van der Waals surface area contributed by atoms with Gasteiger partial charge in [-0.1, -0.05) is 53.2 Å². The maximum absolute atomic E-state index is 14.4. The molecule has 0 bridgehead atoms. The Morgan fingerprint density at radius 3 is 2.00 bits per heavy atom. The van der Waals surface area contributed by atoms with Gasteiger partial charge in [-0.2, -0.15) is 16.8 Å². The third-order valence-electron chi connectivity index (χ3n) is 19.8. The molecule has 26 atom stereocenters. The van der Waals surface area contributed by atoms with Crippen LogP contribution >= 0.6 is 0 Å². The topological polar surface area (TPSA) is 412 Å². The number of rotatable bonds is 18. The number of hydrogen-bond acceptors (Lipinski definition) is 26. The van der Waals surface area contributed by atoms with Crippen molar-refractivity contribution in [3.05, 3.63) is 11.6 Å². The van der Waals surface area contributed by atoms with Crippen molar-refractivity contribution >= 4 is 38.3 Å². The molecule has 0 amide bonds. The van der Waals surface area contributed by atoms with Crippen LogP contribution in [0.1, 0.15) is 107 Å². The Labute approximate surface area is 481 Å². The van der Waals surface area contributed by atoms with E-state index in [1.165, 1.54) is 6.92 Å². The first-order chi connectivity index (χ1) is 38.5. The summed E-state index contributed by atoms with van der Waals surface area (Å²) in [5.74, 6) is -1.42. The number of aliphatic hydroxyl groups excluding tert-OH is 7. The monoisotopic (exact) mass is 1230 g/mol. The standard InChI is InChI=1S/C53H82O28S2/c1-22(2)16-24(55)17-52(8)43-27(56)18-51(7)26-10-11-31-49(4,5)32(13-14-50(31,6)25(26)12-15-53(43,51)48(63)79-52)75-46-41(34(59)30(21-72-46)80-82(64,65)66)78-44-36(61)35(60)38(23(3)73-44)76-47-42(81-83(67,68)69)39(28(57)20-71-47)77-45-37(62)40(70-9)33(58)29(19-54)74-45/h10,22-23,25,28-47,54,57-62H,11-21H2,1-9H3,(H,64,65,66)(H,67,68,69)/t23-,25-,28-,29-,30-,31+,32+,33-,34+,35-,36-,37-,38-,39+,40+,41-,42-,43-,44+,45+,46+,47+,50-,51+,52+,53-/m1/s1. The van der Waals surface area contributed by atoms with Crippen LogP contribution in [-0.2, 0) is 90.9 Å². The number of allylic oxidation sites excluding steroid dienone is 2. The molecule has 0 unspecified atom stereocenters. The van der Waals surface area contributed by atoms with Gasteiger partial charge in [0.05, 0.1) is 43.4 Å². The molecule has 4 aliphatic carbocycles. The fourth-order valence-electron chi connectivity index (χ4n) is 16.1.